The molecule has 0 radical (unpaired) electrons. The minimum atomic E-state index is 0.0936. The van der Waals surface area contributed by atoms with Crippen molar-refractivity contribution in [3.8, 4) is 11.5 Å². The largest absolute Gasteiger partial charge is 0.454 e. The molecule has 0 saturated carbocycles. The van der Waals surface area contributed by atoms with Crippen LogP contribution in [-0.4, -0.2) is 18.5 Å². The molecule has 0 fully saturated rings. The number of benzene rings is 1. The van der Waals surface area contributed by atoms with E-state index in [0.29, 0.717) is 6.79 Å². The van der Waals surface area contributed by atoms with Crippen molar-refractivity contribution in [3.63, 3.8) is 0 Å². The minimum Gasteiger partial charge on any atom is -0.454 e. The zero-order chi connectivity index (χ0) is 10.7. The third kappa shape index (κ3) is 2.30. The number of hydrogen-bond donors (Lipinski definition) is 1. The number of allylic oxidation sites excluding steroid dienone is 1. The Bertz CT molecular complexity index is 382. The lowest BCUT2D eigenvalue weighted by Gasteiger charge is -2.03. The third-order valence-corrected chi connectivity index (χ3v) is 2.36. The number of ether oxygens (including phenoxy) is 2. The molecule has 80 valence electrons. The summed E-state index contributed by atoms with van der Waals surface area (Å²) in [7, 11) is 0. The Kier molecular flexibility index (Phi) is 2.92. The van der Waals surface area contributed by atoms with Crippen LogP contribution in [0.1, 0.15) is 12.5 Å². The van der Waals surface area contributed by atoms with Gasteiger partial charge in [-0.3, -0.25) is 0 Å². The highest BCUT2D eigenvalue weighted by Gasteiger charge is 2.12. The molecule has 3 nitrogen and oxygen atoms in total. The highest BCUT2D eigenvalue weighted by atomic mass is 16.7. The molecular formula is C12H14O3. The summed E-state index contributed by atoms with van der Waals surface area (Å²) in [4.78, 5) is 0. The Labute approximate surface area is 88.9 Å². The van der Waals surface area contributed by atoms with Crippen LogP contribution in [0.5, 0.6) is 11.5 Å². The first-order chi connectivity index (χ1) is 7.29. The van der Waals surface area contributed by atoms with E-state index in [1.54, 1.807) is 0 Å². The summed E-state index contributed by atoms with van der Waals surface area (Å²) < 4.78 is 10.5. The molecule has 0 atom stereocenters. The van der Waals surface area contributed by atoms with E-state index in [0.717, 1.165) is 23.5 Å². The molecule has 1 aliphatic rings. The van der Waals surface area contributed by atoms with Crippen molar-refractivity contribution >= 4 is 0 Å². The first-order valence-electron chi connectivity index (χ1n) is 4.94. The molecule has 0 aliphatic carbocycles. The molecule has 1 heterocycles. The molecule has 0 aromatic heterocycles. The van der Waals surface area contributed by atoms with Gasteiger partial charge in [-0.05, 0) is 31.0 Å². The SMILES string of the molecule is C/C(=C\CO)Cc1ccc2c(c1)OCO2. The van der Waals surface area contributed by atoms with Crippen molar-refractivity contribution in [2.75, 3.05) is 13.4 Å². The van der Waals surface area contributed by atoms with E-state index in [4.69, 9.17) is 14.6 Å². The molecular weight excluding hydrogens is 192 g/mol. The van der Waals surface area contributed by atoms with Gasteiger partial charge in [0.15, 0.2) is 11.5 Å². The van der Waals surface area contributed by atoms with E-state index in [-0.39, 0.29) is 6.61 Å². The standard InChI is InChI=1S/C12H14O3/c1-9(4-5-13)6-10-2-3-11-12(7-10)15-8-14-11/h2-4,7,13H,5-6,8H2,1H3/b9-4+. The van der Waals surface area contributed by atoms with Crippen LogP contribution in [0.4, 0.5) is 0 Å². The Morgan fingerprint density at radius 3 is 3.00 bits per heavy atom. The van der Waals surface area contributed by atoms with E-state index < -0.39 is 0 Å². The highest BCUT2D eigenvalue weighted by molar-refractivity contribution is 5.45. The van der Waals surface area contributed by atoms with Crippen LogP contribution in [0.25, 0.3) is 0 Å². The van der Waals surface area contributed by atoms with E-state index in [9.17, 15) is 0 Å². The summed E-state index contributed by atoms with van der Waals surface area (Å²) in [5.41, 5.74) is 2.32. The molecule has 2 rings (SSSR count). The van der Waals surface area contributed by atoms with E-state index in [1.807, 2.05) is 31.2 Å². The Morgan fingerprint density at radius 1 is 1.40 bits per heavy atom. The second kappa shape index (κ2) is 4.36. The summed E-state index contributed by atoms with van der Waals surface area (Å²) in [5.74, 6) is 1.62. The van der Waals surface area contributed by atoms with Crippen molar-refractivity contribution in [2.45, 2.75) is 13.3 Å². The molecule has 1 N–H and O–H groups in total. The lowest BCUT2D eigenvalue weighted by atomic mass is 10.1. The molecule has 3 heteroatoms. The van der Waals surface area contributed by atoms with Gasteiger partial charge in [-0.1, -0.05) is 17.7 Å². The third-order valence-electron chi connectivity index (χ3n) is 2.36. The van der Waals surface area contributed by atoms with Crippen molar-refractivity contribution in [2.24, 2.45) is 0 Å². The van der Waals surface area contributed by atoms with Crippen molar-refractivity contribution in [1.29, 1.82) is 0 Å². The van der Waals surface area contributed by atoms with Crippen molar-refractivity contribution in [3.05, 3.63) is 35.4 Å². The first-order valence-corrected chi connectivity index (χ1v) is 4.94. The predicted octanol–water partition coefficient (Wildman–Crippen LogP) is 1.90. The Morgan fingerprint density at radius 2 is 2.20 bits per heavy atom. The molecule has 0 spiro atoms. The average molecular weight is 206 g/mol. The predicted molar refractivity (Wildman–Crippen MR) is 57.1 cm³/mol. The number of aliphatic hydroxyl groups excluding tert-OH is 1. The summed E-state index contributed by atoms with van der Waals surface area (Å²) in [6.07, 6.45) is 2.64. The molecule has 15 heavy (non-hydrogen) atoms. The Balaban J connectivity index is 2.13. The maximum atomic E-state index is 8.75. The molecule has 0 saturated heterocycles. The number of fused-ring (bicyclic) bond motifs is 1. The van der Waals surface area contributed by atoms with Crippen molar-refractivity contribution < 1.29 is 14.6 Å². The van der Waals surface area contributed by atoms with Crippen LogP contribution < -0.4 is 9.47 Å². The number of rotatable bonds is 3. The molecule has 1 aromatic rings. The normalized spacial score (nSPS) is 14.4. The van der Waals surface area contributed by atoms with Gasteiger partial charge in [-0.2, -0.15) is 0 Å². The minimum absolute atomic E-state index is 0.0936. The Hall–Kier alpha value is -1.48. The van der Waals surface area contributed by atoms with Gasteiger partial charge in [0.2, 0.25) is 6.79 Å². The van der Waals surface area contributed by atoms with Gasteiger partial charge in [0.05, 0.1) is 6.61 Å². The summed E-state index contributed by atoms with van der Waals surface area (Å²) in [6.45, 7) is 2.40. The van der Waals surface area contributed by atoms with Crippen LogP contribution in [-0.2, 0) is 6.42 Å². The maximum absolute atomic E-state index is 8.75. The smallest absolute Gasteiger partial charge is 0.231 e. The molecule has 0 unspecified atom stereocenters. The lowest BCUT2D eigenvalue weighted by molar-refractivity contribution is 0.174. The second-order valence-electron chi connectivity index (χ2n) is 3.60. The van der Waals surface area contributed by atoms with Gasteiger partial charge >= 0.3 is 0 Å². The highest BCUT2D eigenvalue weighted by Crippen LogP contribution is 2.32. The lowest BCUT2D eigenvalue weighted by Crippen LogP contribution is -1.93. The number of hydrogen-bond acceptors (Lipinski definition) is 3. The zero-order valence-corrected chi connectivity index (χ0v) is 8.69. The quantitative estimate of drug-likeness (QED) is 0.767. The fraction of sp³-hybridized carbons (Fsp3) is 0.333. The summed E-state index contributed by atoms with van der Waals surface area (Å²) >= 11 is 0. The van der Waals surface area contributed by atoms with Gasteiger partial charge in [-0.15, -0.1) is 0 Å². The fourth-order valence-corrected chi connectivity index (χ4v) is 1.60. The van der Waals surface area contributed by atoms with Crippen LogP contribution in [0.2, 0.25) is 0 Å². The van der Waals surface area contributed by atoms with E-state index >= 15 is 0 Å². The summed E-state index contributed by atoms with van der Waals surface area (Å²) in [6, 6.07) is 5.92. The second-order valence-corrected chi connectivity index (χ2v) is 3.60. The molecule has 1 aromatic carbocycles. The molecule has 1 aliphatic heterocycles. The topological polar surface area (TPSA) is 38.7 Å². The van der Waals surface area contributed by atoms with E-state index in [2.05, 4.69) is 0 Å². The average Bonchev–Trinajstić information content (AvgIpc) is 2.65. The zero-order valence-electron chi connectivity index (χ0n) is 8.69. The summed E-state index contributed by atoms with van der Waals surface area (Å²) in [5, 5.41) is 8.75. The van der Waals surface area contributed by atoms with Crippen molar-refractivity contribution in [1.82, 2.24) is 0 Å². The van der Waals surface area contributed by atoms with Crippen LogP contribution >= 0.6 is 0 Å². The van der Waals surface area contributed by atoms with Crippen LogP contribution in [0.3, 0.4) is 0 Å². The van der Waals surface area contributed by atoms with E-state index in [1.165, 1.54) is 5.56 Å². The van der Waals surface area contributed by atoms with Gasteiger partial charge < -0.3 is 14.6 Å². The van der Waals surface area contributed by atoms with Crippen LogP contribution in [0, 0.1) is 0 Å². The van der Waals surface area contributed by atoms with Gasteiger partial charge in [0.1, 0.15) is 0 Å². The van der Waals surface area contributed by atoms with Gasteiger partial charge in [0.25, 0.3) is 0 Å². The fourth-order valence-electron chi connectivity index (χ4n) is 1.60. The number of aliphatic hydroxyl groups is 1. The first kappa shape index (κ1) is 10.1. The monoisotopic (exact) mass is 206 g/mol. The van der Waals surface area contributed by atoms with Crippen LogP contribution in [0.15, 0.2) is 29.8 Å². The van der Waals surface area contributed by atoms with Gasteiger partial charge in [-0.25, -0.2) is 0 Å². The van der Waals surface area contributed by atoms with Gasteiger partial charge in [0, 0.05) is 0 Å². The molecule has 0 amide bonds. The maximum Gasteiger partial charge on any atom is 0.231 e. The molecule has 0 bridgehead atoms.